The summed E-state index contributed by atoms with van der Waals surface area (Å²) in [7, 11) is 0. The fourth-order valence-electron chi connectivity index (χ4n) is 3.45. The zero-order valence-electron chi connectivity index (χ0n) is 15.9. The van der Waals surface area contributed by atoms with Gasteiger partial charge >= 0.3 is 11.9 Å². The van der Waals surface area contributed by atoms with E-state index in [1.807, 2.05) is 0 Å². The summed E-state index contributed by atoms with van der Waals surface area (Å²) >= 11 is 0. The Balaban J connectivity index is 2.02. The molecule has 144 valence electrons. The van der Waals surface area contributed by atoms with Crippen LogP contribution in [0.15, 0.2) is 12.2 Å². The van der Waals surface area contributed by atoms with Gasteiger partial charge in [0.2, 0.25) is 0 Å². The summed E-state index contributed by atoms with van der Waals surface area (Å²) < 4.78 is 5.33. The first-order valence-corrected chi connectivity index (χ1v) is 10.2. The summed E-state index contributed by atoms with van der Waals surface area (Å²) in [5.41, 5.74) is 0. The second-order valence-electron chi connectivity index (χ2n) is 7.17. The number of carboxylic acid groups (broad SMARTS) is 1. The van der Waals surface area contributed by atoms with Crippen LogP contribution in [0, 0.1) is 11.8 Å². The van der Waals surface area contributed by atoms with Crippen molar-refractivity contribution >= 4 is 11.9 Å². The first kappa shape index (κ1) is 21.7. The summed E-state index contributed by atoms with van der Waals surface area (Å²) in [5.74, 6) is -2.15. The third-order valence-corrected chi connectivity index (χ3v) is 5.04. The molecule has 4 heteroatoms. The molecule has 25 heavy (non-hydrogen) atoms. The molecule has 1 saturated carbocycles. The van der Waals surface area contributed by atoms with Gasteiger partial charge < -0.3 is 9.84 Å². The van der Waals surface area contributed by atoms with Crippen LogP contribution in [0.5, 0.6) is 0 Å². The first-order valence-electron chi connectivity index (χ1n) is 10.2. The Kier molecular flexibility index (Phi) is 12.1. The molecule has 2 atom stereocenters. The summed E-state index contributed by atoms with van der Waals surface area (Å²) in [6.07, 6.45) is 18.1. The summed E-state index contributed by atoms with van der Waals surface area (Å²) in [6, 6.07) is 0. The molecule has 0 amide bonds. The number of hydrogen-bond acceptors (Lipinski definition) is 3. The molecule has 0 aromatic carbocycles. The molecule has 1 aliphatic carbocycles. The average molecular weight is 353 g/mol. The van der Waals surface area contributed by atoms with E-state index in [9.17, 15) is 14.7 Å². The molecule has 1 fully saturated rings. The number of unbranched alkanes of at least 4 members (excludes halogenated alkanes) is 7. The predicted octanol–water partition coefficient (Wildman–Crippen LogP) is 5.51. The minimum absolute atomic E-state index is 0.304. The van der Waals surface area contributed by atoms with Crippen molar-refractivity contribution in [1.82, 2.24) is 0 Å². The Hall–Kier alpha value is -1.32. The predicted molar refractivity (Wildman–Crippen MR) is 100 cm³/mol. The normalized spacial score (nSPS) is 20.7. The van der Waals surface area contributed by atoms with E-state index < -0.39 is 17.8 Å². The first-order chi connectivity index (χ1) is 12.2. The van der Waals surface area contributed by atoms with Crippen LogP contribution >= 0.6 is 0 Å². The molecule has 1 aliphatic rings. The third-order valence-electron chi connectivity index (χ3n) is 5.04. The molecule has 0 radical (unpaired) electrons. The molecular weight excluding hydrogens is 316 g/mol. The maximum Gasteiger partial charge on any atom is 0.309 e. The lowest BCUT2D eigenvalue weighted by Gasteiger charge is -2.26. The van der Waals surface area contributed by atoms with Crippen molar-refractivity contribution in [3.8, 4) is 0 Å². The van der Waals surface area contributed by atoms with Crippen LogP contribution in [0.1, 0.15) is 90.4 Å². The summed E-state index contributed by atoms with van der Waals surface area (Å²) in [5, 5.41) is 9.22. The lowest BCUT2D eigenvalue weighted by molar-refractivity contribution is -0.159. The van der Waals surface area contributed by atoms with Crippen LogP contribution in [0.25, 0.3) is 0 Å². The highest BCUT2D eigenvalue weighted by Crippen LogP contribution is 2.31. The molecule has 4 nitrogen and oxygen atoms in total. The molecule has 0 aromatic rings. The second kappa shape index (κ2) is 13.9. The van der Waals surface area contributed by atoms with E-state index in [0.29, 0.717) is 19.4 Å². The van der Waals surface area contributed by atoms with E-state index in [1.54, 1.807) is 0 Å². The van der Waals surface area contributed by atoms with Gasteiger partial charge in [-0.25, -0.2) is 0 Å². The quantitative estimate of drug-likeness (QED) is 0.270. The molecular formula is C21H36O4. The van der Waals surface area contributed by atoms with Crippen molar-refractivity contribution in [3.63, 3.8) is 0 Å². The molecule has 0 aromatic heterocycles. The van der Waals surface area contributed by atoms with Crippen LogP contribution < -0.4 is 0 Å². The minimum atomic E-state index is -0.857. The van der Waals surface area contributed by atoms with Gasteiger partial charge in [-0.3, -0.25) is 9.59 Å². The lowest BCUT2D eigenvalue weighted by Crippen LogP contribution is -2.33. The van der Waals surface area contributed by atoms with E-state index in [0.717, 1.165) is 38.5 Å². The molecule has 0 saturated heterocycles. The van der Waals surface area contributed by atoms with Gasteiger partial charge in [-0.1, -0.05) is 57.6 Å². The standard InChI is InChI=1S/C21H36O4/c1-2-3-4-5-6-7-8-9-10-11-14-17-25-21(24)19-16-13-12-15-18(19)20(22)23/h6-7,18-19H,2-5,8-17H2,1H3,(H,22,23)/b7-6+. The number of esters is 1. The Labute approximate surface area is 153 Å². The maximum absolute atomic E-state index is 12.1. The summed E-state index contributed by atoms with van der Waals surface area (Å²) in [4.78, 5) is 23.3. The Morgan fingerprint density at radius 3 is 2.16 bits per heavy atom. The number of aliphatic carboxylic acids is 1. The van der Waals surface area contributed by atoms with Crippen molar-refractivity contribution < 1.29 is 19.4 Å². The van der Waals surface area contributed by atoms with Gasteiger partial charge in [0.1, 0.15) is 0 Å². The maximum atomic E-state index is 12.1. The van der Waals surface area contributed by atoms with Crippen molar-refractivity contribution in [2.75, 3.05) is 6.61 Å². The number of allylic oxidation sites excluding steroid dienone is 2. The van der Waals surface area contributed by atoms with E-state index in [-0.39, 0.29) is 5.97 Å². The Morgan fingerprint density at radius 1 is 0.920 bits per heavy atom. The molecule has 0 aliphatic heterocycles. The van der Waals surface area contributed by atoms with Crippen molar-refractivity contribution in [1.29, 1.82) is 0 Å². The van der Waals surface area contributed by atoms with E-state index in [4.69, 9.17) is 4.74 Å². The fourth-order valence-corrected chi connectivity index (χ4v) is 3.45. The van der Waals surface area contributed by atoms with Crippen molar-refractivity contribution in [2.45, 2.75) is 90.4 Å². The largest absolute Gasteiger partial charge is 0.481 e. The van der Waals surface area contributed by atoms with Crippen LogP contribution in [0.4, 0.5) is 0 Å². The highest BCUT2D eigenvalue weighted by molar-refractivity contribution is 5.81. The highest BCUT2D eigenvalue weighted by Gasteiger charge is 2.36. The Morgan fingerprint density at radius 2 is 1.52 bits per heavy atom. The smallest absolute Gasteiger partial charge is 0.309 e. The zero-order valence-corrected chi connectivity index (χ0v) is 15.9. The van der Waals surface area contributed by atoms with E-state index in [1.165, 1.54) is 32.1 Å². The summed E-state index contributed by atoms with van der Waals surface area (Å²) in [6.45, 7) is 2.65. The topological polar surface area (TPSA) is 63.6 Å². The van der Waals surface area contributed by atoms with Gasteiger partial charge in [-0.15, -0.1) is 0 Å². The number of carboxylic acids is 1. The van der Waals surface area contributed by atoms with Crippen molar-refractivity contribution in [2.24, 2.45) is 11.8 Å². The van der Waals surface area contributed by atoms with Gasteiger partial charge in [0.25, 0.3) is 0 Å². The SMILES string of the molecule is CCCCC/C=C/CCCCCCOC(=O)C1CCCCC1C(=O)O. The molecule has 2 unspecified atom stereocenters. The monoisotopic (exact) mass is 352 g/mol. The fraction of sp³-hybridized carbons (Fsp3) is 0.810. The molecule has 0 bridgehead atoms. The van der Waals surface area contributed by atoms with Gasteiger partial charge in [-0.2, -0.15) is 0 Å². The molecule has 0 heterocycles. The number of ether oxygens (including phenoxy) is 1. The van der Waals surface area contributed by atoms with Crippen LogP contribution in [0.2, 0.25) is 0 Å². The van der Waals surface area contributed by atoms with E-state index >= 15 is 0 Å². The van der Waals surface area contributed by atoms with Gasteiger partial charge in [0, 0.05) is 0 Å². The van der Waals surface area contributed by atoms with E-state index in [2.05, 4.69) is 19.1 Å². The average Bonchev–Trinajstić information content (AvgIpc) is 2.62. The number of hydrogen-bond donors (Lipinski definition) is 1. The lowest BCUT2D eigenvalue weighted by atomic mass is 9.79. The molecule has 1 N–H and O–H groups in total. The molecule has 0 spiro atoms. The van der Waals surface area contributed by atoms with Crippen LogP contribution in [-0.2, 0) is 14.3 Å². The van der Waals surface area contributed by atoms with Crippen molar-refractivity contribution in [3.05, 3.63) is 12.2 Å². The number of carbonyl (C=O) groups excluding carboxylic acids is 1. The molecule has 1 rings (SSSR count). The van der Waals surface area contributed by atoms with Crippen LogP contribution in [0.3, 0.4) is 0 Å². The number of carbonyl (C=O) groups is 2. The Bertz CT molecular complexity index is 403. The zero-order chi connectivity index (χ0) is 18.3. The highest BCUT2D eigenvalue weighted by atomic mass is 16.5. The van der Waals surface area contributed by atoms with Gasteiger partial charge in [0.05, 0.1) is 18.4 Å². The van der Waals surface area contributed by atoms with Gasteiger partial charge in [0.15, 0.2) is 0 Å². The second-order valence-corrected chi connectivity index (χ2v) is 7.17. The minimum Gasteiger partial charge on any atom is -0.481 e. The van der Waals surface area contributed by atoms with Crippen LogP contribution in [-0.4, -0.2) is 23.7 Å². The third kappa shape index (κ3) is 9.66. The number of rotatable bonds is 13. The van der Waals surface area contributed by atoms with Gasteiger partial charge in [-0.05, 0) is 44.9 Å².